The summed E-state index contributed by atoms with van der Waals surface area (Å²) < 4.78 is 8.73. The Morgan fingerprint density at radius 1 is 1.25 bits per heavy atom. The fourth-order valence-electron chi connectivity index (χ4n) is 3.34. The molecule has 0 fully saturated rings. The molecule has 0 N–H and O–H groups in total. The monoisotopic (exact) mass is 490 g/mol. The summed E-state index contributed by atoms with van der Waals surface area (Å²) in [5.41, 5.74) is 2.95. The third kappa shape index (κ3) is 5.79. The highest BCUT2D eigenvalue weighted by atomic mass is 35.5. The molecule has 0 aliphatic heterocycles. The molecule has 0 saturated carbocycles. The van der Waals surface area contributed by atoms with Gasteiger partial charge in [0.25, 0.3) is 5.91 Å². The minimum Gasteiger partial charge on any atom is -0.484 e. The number of carbonyl (C=O) groups is 1. The van der Waals surface area contributed by atoms with Gasteiger partial charge in [-0.1, -0.05) is 35.1 Å². The van der Waals surface area contributed by atoms with Gasteiger partial charge in [0, 0.05) is 30.5 Å². The largest absolute Gasteiger partial charge is 0.484 e. The van der Waals surface area contributed by atoms with Crippen LogP contribution >= 0.6 is 35.3 Å². The summed E-state index contributed by atoms with van der Waals surface area (Å²) in [6.07, 6.45) is 6.20. The van der Waals surface area contributed by atoms with E-state index in [4.69, 9.17) is 21.3 Å². The summed E-state index contributed by atoms with van der Waals surface area (Å²) in [4.78, 5) is 23.7. The number of amides is 1. The Morgan fingerprint density at radius 2 is 2.09 bits per heavy atom. The molecule has 4 aromatic rings. The van der Waals surface area contributed by atoms with Crippen LogP contribution in [-0.2, 0) is 11.3 Å². The number of ether oxygens (including phenoxy) is 1. The van der Waals surface area contributed by atoms with E-state index in [0.717, 1.165) is 34.3 Å². The highest BCUT2D eigenvalue weighted by Crippen LogP contribution is 2.33. The van der Waals surface area contributed by atoms with Crippen molar-refractivity contribution in [2.24, 2.45) is 0 Å². The standard InChI is InChI=1S/C23H23ClN4O2S.ClH/c1-16-5-3-6-19(11-16)30-14-21(29)28(9-4-8-27-10-7-25-15-27)23-26-22-17(2)12-18(24)13-20(22)31-23;/h3,5-7,10-13,15H,4,8-9,14H2,1-2H3;1H. The molecule has 2 aromatic carbocycles. The van der Waals surface area contributed by atoms with Crippen molar-refractivity contribution in [3.05, 3.63) is 71.3 Å². The van der Waals surface area contributed by atoms with Crippen molar-refractivity contribution in [2.45, 2.75) is 26.8 Å². The van der Waals surface area contributed by atoms with E-state index >= 15 is 0 Å². The van der Waals surface area contributed by atoms with Crippen LogP contribution in [0.2, 0.25) is 5.02 Å². The number of imidazole rings is 1. The maximum atomic E-state index is 13.1. The number of rotatable bonds is 8. The van der Waals surface area contributed by atoms with E-state index in [1.165, 1.54) is 11.3 Å². The minimum absolute atomic E-state index is 0. The molecule has 0 saturated heterocycles. The molecule has 6 nitrogen and oxygen atoms in total. The van der Waals surface area contributed by atoms with Crippen LogP contribution in [-0.4, -0.2) is 33.6 Å². The molecule has 1 amide bonds. The van der Waals surface area contributed by atoms with Gasteiger partial charge in [-0.2, -0.15) is 0 Å². The molecule has 0 atom stereocenters. The van der Waals surface area contributed by atoms with Gasteiger partial charge in [0.2, 0.25) is 0 Å². The molecule has 4 rings (SSSR count). The highest BCUT2D eigenvalue weighted by molar-refractivity contribution is 7.22. The van der Waals surface area contributed by atoms with Gasteiger partial charge >= 0.3 is 0 Å². The van der Waals surface area contributed by atoms with E-state index in [0.29, 0.717) is 22.4 Å². The van der Waals surface area contributed by atoms with Crippen molar-refractivity contribution < 1.29 is 9.53 Å². The molecule has 0 aliphatic carbocycles. The first-order valence-electron chi connectivity index (χ1n) is 10.0. The number of hydrogen-bond acceptors (Lipinski definition) is 5. The molecule has 2 aromatic heterocycles. The van der Waals surface area contributed by atoms with Crippen molar-refractivity contribution in [3.63, 3.8) is 0 Å². The topological polar surface area (TPSA) is 60.2 Å². The second-order valence-electron chi connectivity index (χ2n) is 7.37. The summed E-state index contributed by atoms with van der Waals surface area (Å²) >= 11 is 7.68. The van der Waals surface area contributed by atoms with Gasteiger partial charge in [-0.25, -0.2) is 9.97 Å². The lowest BCUT2D eigenvalue weighted by atomic mass is 10.2. The normalized spacial score (nSPS) is 10.7. The Balaban J connectivity index is 0.00000289. The van der Waals surface area contributed by atoms with E-state index in [9.17, 15) is 4.79 Å². The summed E-state index contributed by atoms with van der Waals surface area (Å²) in [5, 5.41) is 1.32. The predicted octanol–water partition coefficient (Wildman–Crippen LogP) is 5.69. The lowest BCUT2D eigenvalue weighted by molar-refractivity contribution is -0.120. The van der Waals surface area contributed by atoms with Crippen molar-refractivity contribution in [1.82, 2.24) is 14.5 Å². The SMILES string of the molecule is Cc1cccc(OCC(=O)N(CCCn2ccnc2)c2nc3c(C)cc(Cl)cc3s2)c1.Cl. The maximum Gasteiger partial charge on any atom is 0.266 e. The van der Waals surface area contributed by atoms with Gasteiger partial charge < -0.3 is 9.30 Å². The second kappa shape index (κ2) is 10.8. The van der Waals surface area contributed by atoms with Crippen molar-refractivity contribution >= 4 is 56.6 Å². The third-order valence-electron chi connectivity index (χ3n) is 4.88. The number of benzene rings is 2. The van der Waals surface area contributed by atoms with E-state index in [1.54, 1.807) is 17.4 Å². The van der Waals surface area contributed by atoms with Crippen LogP contribution in [0.15, 0.2) is 55.1 Å². The Kier molecular flexibility index (Phi) is 8.12. The zero-order valence-corrected chi connectivity index (χ0v) is 20.2. The van der Waals surface area contributed by atoms with Crippen LogP contribution in [0.4, 0.5) is 5.13 Å². The number of aromatic nitrogens is 3. The second-order valence-corrected chi connectivity index (χ2v) is 8.82. The number of hydrogen-bond donors (Lipinski definition) is 0. The molecule has 0 radical (unpaired) electrons. The van der Waals surface area contributed by atoms with Gasteiger partial charge in [0.05, 0.1) is 16.5 Å². The summed E-state index contributed by atoms with van der Waals surface area (Å²) in [6.45, 7) is 5.21. The van der Waals surface area contributed by atoms with Crippen LogP contribution in [0.3, 0.4) is 0 Å². The van der Waals surface area contributed by atoms with Crippen LogP contribution in [0.1, 0.15) is 17.5 Å². The zero-order valence-electron chi connectivity index (χ0n) is 17.8. The Labute approximate surface area is 202 Å². The fourth-order valence-corrected chi connectivity index (χ4v) is 4.81. The lowest BCUT2D eigenvalue weighted by Gasteiger charge is -2.20. The van der Waals surface area contributed by atoms with Gasteiger partial charge in [0.1, 0.15) is 5.75 Å². The molecular weight excluding hydrogens is 467 g/mol. The van der Waals surface area contributed by atoms with Crippen LogP contribution in [0.25, 0.3) is 10.2 Å². The van der Waals surface area contributed by atoms with Crippen molar-refractivity contribution in [2.75, 3.05) is 18.1 Å². The zero-order chi connectivity index (χ0) is 21.8. The molecule has 32 heavy (non-hydrogen) atoms. The van der Waals surface area contributed by atoms with Gasteiger partial charge in [0.15, 0.2) is 11.7 Å². The molecule has 168 valence electrons. The fraction of sp³-hybridized carbons (Fsp3) is 0.261. The summed E-state index contributed by atoms with van der Waals surface area (Å²) in [7, 11) is 0. The average molecular weight is 491 g/mol. The number of nitrogens with zero attached hydrogens (tertiary/aromatic N) is 4. The number of thiazole rings is 1. The van der Waals surface area contributed by atoms with Crippen molar-refractivity contribution in [1.29, 1.82) is 0 Å². The number of aryl methyl sites for hydroxylation is 3. The Morgan fingerprint density at radius 3 is 2.84 bits per heavy atom. The van der Waals surface area contributed by atoms with Crippen LogP contribution in [0, 0.1) is 13.8 Å². The predicted molar refractivity (Wildman–Crippen MR) is 132 cm³/mol. The van der Waals surface area contributed by atoms with Crippen LogP contribution < -0.4 is 9.64 Å². The van der Waals surface area contributed by atoms with Gasteiger partial charge in [-0.3, -0.25) is 9.69 Å². The number of halogens is 2. The Hall–Kier alpha value is -2.61. The van der Waals surface area contributed by atoms with E-state index < -0.39 is 0 Å². The molecule has 9 heteroatoms. The molecule has 0 aliphatic rings. The molecule has 2 heterocycles. The number of carbonyl (C=O) groups excluding carboxylic acids is 1. The van der Waals surface area contributed by atoms with Crippen LogP contribution in [0.5, 0.6) is 5.75 Å². The number of fused-ring (bicyclic) bond motifs is 1. The Bertz CT molecular complexity index is 1190. The van der Waals surface area contributed by atoms with E-state index in [1.807, 2.05) is 61.0 Å². The molecule has 0 bridgehead atoms. The lowest BCUT2D eigenvalue weighted by Crippen LogP contribution is -2.36. The first-order valence-corrected chi connectivity index (χ1v) is 11.2. The third-order valence-corrected chi connectivity index (χ3v) is 6.12. The molecule has 0 unspecified atom stereocenters. The summed E-state index contributed by atoms with van der Waals surface area (Å²) in [6, 6.07) is 11.5. The minimum atomic E-state index is -0.130. The maximum absolute atomic E-state index is 13.1. The first kappa shape index (κ1) is 24.0. The first-order chi connectivity index (χ1) is 15.0. The smallest absolute Gasteiger partial charge is 0.266 e. The number of anilines is 1. The van der Waals surface area contributed by atoms with Gasteiger partial charge in [-0.15, -0.1) is 12.4 Å². The van der Waals surface area contributed by atoms with Gasteiger partial charge in [-0.05, 0) is 55.7 Å². The van der Waals surface area contributed by atoms with E-state index in [2.05, 4.69) is 4.98 Å². The van der Waals surface area contributed by atoms with E-state index in [-0.39, 0.29) is 24.9 Å². The average Bonchev–Trinajstić information content (AvgIpc) is 3.39. The quantitative estimate of drug-likeness (QED) is 0.318. The van der Waals surface area contributed by atoms with Crippen molar-refractivity contribution in [3.8, 4) is 5.75 Å². The molecule has 0 spiro atoms. The summed E-state index contributed by atoms with van der Waals surface area (Å²) in [5.74, 6) is 0.550. The highest BCUT2D eigenvalue weighted by Gasteiger charge is 2.21. The molecular formula is C23H24Cl2N4O2S.